The van der Waals surface area contributed by atoms with Gasteiger partial charge in [-0.05, 0) is 12.5 Å². The van der Waals surface area contributed by atoms with Crippen LogP contribution in [-0.4, -0.2) is 72.8 Å². The molecular weight excluding hydrogens is 370 g/mol. The third-order valence-electron chi connectivity index (χ3n) is 3.67. The first kappa shape index (κ1) is 17.8. The lowest BCUT2D eigenvalue weighted by atomic mass is 10.0. The summed E-state index contributed by atoms with van der Waals surface area (Å²) >= 11 is 2.60. The molecule has 0 spiro atoms. The van der Waals surface area contributed by atoms with E-state index in [0.717, 1.165) is 0 Å². The van der Waals surface area contributed by atoms with Crippen LogP contribution in [0.3, 0.4) is 0 Å². The molecule has 2 atom stereocenters. The first-order valence-corrected chi connectivity index (χ1v) is 9.35. The SMILES string of the molecule is CCOC(=O)c1nn[nH]c1SCC1=C(C(=O)O)N2C(=O)C(N)[C@@H]2SC1. The van der Waals surface area contributed by atoms with E-state index in [4.69, 9.17) is 10.5 Å². The Hall–Kier alpha value is -2.05. The molecule has 1 saturated heterocycles. The van der Waals surface area contributed by atoms with E-state index in [1.807, 2.05) is 0 Å². The van der Waals surface area contributed by atoms with Crippen LogP contribution in [0.1, 0.15) is 17.4 Å². The molecule has 10 nitrogen and oxygen atoms in total. The number of hydrogen-bond donors (Lipinski definition) is 3. The number of β-lactam (4-membered cyclic amide) rings is 1. The van der Waals surface area contributed by atoms with Crippen molar-refractivity contribution in [3.8, 4) is 0 Å². The fourth-order valence-electron chi connectivity index (χ4n) is 2.50. The molecule has 4 N–H and O–H groups in total. The number of amides is 1. The van der Waals surface area contributed by atoms with E-state index in [2.05, 4.69) is 15.4 Å². The molecule has 1 aromatic rings. The molecule has 0 aromatic carbocycles. The number of nitrogens with zero attached hydrogens (tertiary/aromatic N) is 3. The summed E-state index contributed by atoms with van der Waals surface area (Å²) in [6.07, 6.45) is 0. The number of aromatic nitrogens is 3. The van der Waals surface area contributed by atoms with Gasteiger partial charge in [-0.2, -0.15) is 0 Å². The molecule has 0 aliphatic carbocycles. The topological polar surface area (TPSA) is 152 Å². The summed E-state index contributed by atoms with van der Waals surface area (Å²) in [5.74, 6) is -1.47. The van der Waals surface area contributed by atoms with Gasteiger partial charge in [0.15, 0.2) is 0 Å². The number of rotatable bonds is 6. The van der Waals surface area contributed by atoms with Gasteiger partial charge in [-0.15, -0.1) is 16.9 Å². The van der Waals surface area contributed by atoms with Crippen molar-refractivity contribution < 1.29 is 24.2 Å². The molecule has 2 aliphatic rings. The number of ether oxygens (including phenoxy) is 1. The highest BCUT2D eigenvalue weighted by atomic mass is 32.2. The normalized spacial score (nSPS) is 22.5. The minimum Gasteiger partial charge on any atom is -0.477 e. The van der Waals surface area contributed by atoms with Crippen LogP contribution in [-0.2, 0) is 14.3 Å². The van der Waals surface area contributed by atoms with Gasteiger partial charge in [0.05, 0.1) is 6.61 Å². The van der Waals surface area contributed by atoms with E-state index in [-0.39, 0.29) is 29.1 Å². The summed E-state index contributed by atoms with van der Waals surface area (Å²) in [4.78, 5) is 36.5. The lowest BCUT2D eigenvalue weighted by Gasteiger charge is -2.48. The number of nitrogens with one attached hydrogen (secondary N) is 1. The Morgan fingerprint density at radius 2 is 2.32 bits per heavy atom. The summed E-state index contributed by atoms with van der Waals surface area (Å²) in [6.45, 7) is 1.89. The number of carboxylic acid groups (broad SMARTS) is 1. The van der Waals surface area contributed by atoms with E-state index in [1.54, 1.807) is 6.92 Å². The number of nitrogens with two attached hydrogens (primary N) is 1. The maximum atomic E-state index is 11.9. The molecule has 12 heteroatoms. The van der Waals surface area contributed by atoms with Crippen molar-refractivity contribution in [2.24, 2.45) is 5.73 Å². The summed E-state index contributed by atoms with van der Waals surface area (Å²) < 4.78 is 4.89. The molecule has 1 aromatic heterocycles. The van der Waals surface area contributed by atoms with Crippen molar-refractivity contribution in [1.29, 1.82) is 0 Å². The highest BCUT2D eigenvalue weighted by Crippen LogP contribution is 2.40. The summed E-state index contributed by atoms with van der Waals surface area (Å²) in [6, 6.07) is -0.666. The molecule has 1 fully saturated rings. The summed E-state index contributed by atoms with van der Waals surface area (Å²) in [5.41, 5.74) is 6.30. The molecule has 1 unspecified atom stereocenters. The van der Waals surface area contributed by atoms with Gasteiger partial charge in [-0.1, -0.05) is 17.0 Å². The molecule has 3 rings (SSSR count). The Bertz CT molecular complexity index is 764. The number of aliphatic carboxylic acids is 1. The zero-order valence-corrected chi connectivity index (χ0v) is 14.7. The van der Waals surface area contributed by atoms with Crippen LogP contribution >= 0.6 is 23.5 Å². The van der Waals surface area contributed by atoms with Crippen molar-refractivity contribution in [2.45, 2.75) is 23.4 Å². The van der Waals surface area contributed by atoms with Crippen LogP contribution in [0.4, 0.5) is 0 Å². The highest BCUT2D eigenvalue weighted by molar-refractivity contribution is 8.01. The maximum Gasteiger partial charge on any atom is 0.361 e. The zero-order chi connectivity index (χ0) is 18.1. The Morgan fingerprint density at radius 3 is 3.00 bits per heavy atom. The molecule has 0 bridgehead atoms. The fraction of sp³-hybridized carbons (Fsp3) is 0.462. The smallest absolute Gasteiger partial charge is 0.361 e. The minimum absolute atomic E-state index is 0.0342. The summed E-state index contributed by atoms with van der Waals surface area (Å²) in [7, 11) is 0. The number of thioether (sulfide) groups is 2. The average Bonchev–Trinajstić information content (AvgIpc) is 3.07. The molecule has 3 heterocycles. The monoisotopic (exact) mass is 385 g/mol. The maximum absolute atomic E-state index is 11.9. The number of H-pyrrole nitrogens is 1. The zero-order valence-electron chi connectivity index (χ0n) is 13.1. The number of aromatic amines is 1. The Morgan fingerprint density at radius 1 is 1.56 bits per heavy atom. The van der Waals surface area contributed by atoms with Crippen molar-refractivity contribution in [2.75, 3.05) is 18.1 Å². The van der Waals surface area contributed by atoms with Crippen molar-refractivity contribution in [1.82, 2.24) is 20.3 Å². The molecule has 0 saturated carbocycles. The van der Waals surface area contributed by atoms with Gasteiger partial charge in [0.1, 0.15) is 22.1 Å². The van der Waals surface area contributed by atoms with Gasteiger partial charge < -0.3 is 15.6 Å². The van der Waals surface area contributed by atoms with Crippen LogP contribution in [0.25, 0.3) is 0 Å². The lowest BCUT2D eigenvalue weighted by Crippen LogP contribution is -2.68. The third kappa shape index (κ3) is 3.12. The second-order valence-corrected chi connectivity index (χ2v) is 7.28. The van der Waals surface area contributed by atoms with E-state index < -0.39 is 23.9 Å². The first-order chi connectivity index (χ1) is 12.0. The number of hydrogen-bond acceptors (Lipinski definition) is 9. The van der Waals surface area contributed by atoms with Gasteiger partial charge >= 0.3 is 11.9 Å². The molecule has 1 amide bonds. The van der Waals surface area contributed by atoms with Crippen molar-refractivity contribution in [3.63, 3.8) is 0 Å². The number of esters is 1. The van der Waals surface area contributed by atoms with Crippen molar-refractivity contribution >= 4 is 41.4 Å². The predicted octanol–water partition coefficient (Wildman–Crippen LogP) is -0.345. The highest BCUT2D eigenvalue weighted by Gasteiger charge is 2.51. The predicted molar refractivity (Wildman–Crippen MR) is 88.8 cm³/mol. The quantitative estimate of drug-likeness (QED) is 0.337. The number of carbonyl (C=O) groups is 3. The van der Waals surface area contributed by atoms with Gasteiger partial charge in [-0.3, -0.25) is 14.8 Å². The van der Waals surface area contributed by atoms with E-state index in [9.17, 15) is 19.5 Å². The van der Waals surface area contributed by atoms with E-state index in [0.29, 0.717) is 16.4 Å². The van der Waals surface area contributed by atoms with Gasteiger partial charge in [0.2, 0.25) is 11.6 Å². The van der Waals surface area contributed by atoms with Gasteiger partial charge in [-0.25, -0.2) is 9.59 Å². The Balaban J connectivity index is 1.78. The van der Waals surface area contributed by atoms with Crippen LogP contribution in [0.5, 0.6) is 0 Å². The standard InChI is InChI=1S/C13H15N5O5S2/c1-2-23-13(22)7-9(16-17-15-7)24-3-5-4-25-11-6(14)10(19)18(11)8(5)12(20)21/h6,11H,2-4,14H2,1H3,(H,20,21)(H,15,16,17)/t6?,11-/m0/s1. The fourth-order valence-corrected chi connectivity index (χ4v) is 4.85. The average molecular weight is 385 g/mol. The van der Waals surface area contributed by atoms with Crippen LogP contribution < -0.4 is 5.73 Å². The van der Waals surface area contributed by atoms with Gasteiger partial charge in [0.25, 0.3) is 0 Å². The summed E-state index contributed by atoms with van der Waals surface area (Å²) in [5, 5.41) is 19.4. The van der Waals surface area contributed by atoms with E-state index in [1.165, 1.54) is 28.4 Å². The molecule has 0 radical (unpaired) electrons. The number of fused-ring (bicyclic) bond motifs is 1. The van der Waals surface area contributed by atoms with Crippen LogP contribution in [0.15, 0.2) is 16.3 Å². The van der Waals surface area contributed by atoms with Crippen LogP contribution in [0.2, 0.25) is 0 Å². The van der Waals surface area contributed by atoms with E-state index >= 15 is 0 Å². The number of carboxylic acids is 1. The largest absolute Gasteiger partial charge is 0.477 e. The molecule has 25 heavy (non-hydrogen) atoms. The van der Waals surface area contributed by atoms with Gasteiger partial charge in [0, 0.05) is 11.5 Å². The number of carbonyl (C=O) groups excluding carboxylic acids is 2. The molecule has 2 aliphatic heterocycles. The molecular formula is C13H15N5O5S2. The lowest BCUT2D eigenvalue weighted by molar-refractivity contribution is -0.147. The third-order valence-corrected chi connectivity index (χ3v) is 6.09. The minimum atomic E-state index is -1.17. The van der Waals surface area contributed by atoms with Crippen LogP contribution in [0, 0.1) is 0 Å². The molecule has 134 valence electrons. The second kappa shape index (κ2) is 7.06. The Labute approximate surface area is 150 Å². The Kier molecular flexibility index (Phi) is 5.01. The second-order valence-electron chi connectivity index (χ2n) is 5.19. The van der Waals surface area contributed by atoms with Crippen molar-refractivity contribution in [3.05, 3.63) is 17.0 Å². The first-order valence-electron chi connectivity index (χ1n) is 7.32.